The van der Waals surface area contributed by atoms with Gasteiger partial charge in [-0.3, -0.25) is 0 Å². The summed E-state index contributed by atoms with van der Waals surface area (Å²) in [5.74, 6) is 2.16. The maximum Gasteiger partial charge on any atom is 0.164 e. The van der Waals surface area contributed by atoms with Crippen molar-refractivity contribution in [2.75, 3.05) is 13.7 Å². The Morgan fingerprint density at radius 1 is 1.29 bits per heavy atom. The molecule has 0 radical (unpaired) electrons. The number of hydrogen-bond acceptors (Lipinski definition) is 3. The van der Waals surface area contributed by atoms with Crippen LogP contribution in [0, 0.1) is 5.92 Å². The third-order valence-corrected chi connectivity index (χ3v) is 3.71. The minimum Gasteiger partial charge on any atom is -0.493 e. The van der Waals surface area contributed by atoms with E-state index in [1.165, 1.54) is 0 Å². The lowest BCUT2D eigenvalue weighted by Gasteiger charge is -2.18. The van der Waals surface area contributed by atoms with Gasteiger partial charge in [-0.25, -0.2) is 0 Å². The molecule has 0 heterocycles. The van der Waals surface area contributed by atoms with Gasteiger partial charge in [0.25, 0.3) is 0 Å². The van der Waals surface area contributed by atoms with Gasteiger partial charge >= 0.3 is 0 Å². The summed E-state index contributed by atoms with van der Waals surface area (Å²) in [6.45, 7) is 7.20. The number of halogens is 1. The fraction of sp³-hybridized carbons (Fsp3) is 0.647. The molecule has 1 rings (SSSR count). The summed E-state index contributed by atoms with van der Waals surface area (Å²) in [5, 5.41) is 0.652. The van der Waals surface area contributed by atoms with E-state index in [9.17, 15) is 0 Å². The first-order chi connectivity index (χ1) is 9.97. The Morgan fingerprint density at radius 2 is 2.00 bits per heavy atom. The first-order valence-corrected chi connectivity index (χ1v) is 8.10. The molecule has 0 aliphatic rings. The van der Waals surface area contributed by atoms with Crippen LogP contribution in [0.4, 0.5) is 0 Å². The predicted octanol–water partition coefficient (Wildman–Crippen LogP) is 4.44. The molecular formula is C17H28ClNO2. The SMILES string of the molecule is CCC(N)Cc1cc(Cl)cc(OC)c1OCCCC(C)C. The van der Waals surface area contributed by atoms with E-state index in [0.717, 1.165) is 37.0 Å². The highest BCUT2D eigenvalue weighted by Gasteiger charge is 2.15. The van der Waals surface area contributed by atoms with Crippen molar-refractivity contribution in [3.8, 4) is 11.5 Å². The van der Waals surface area contributed by atoms with Crippen LogP contribution in [0.1, 0.15) is 45.6 Å². The highest BCUT2D eigenvalue weighted by atomic mass is 35.5. The fourth-order valence-corrected chi connectivity index (χ4v) is 2.41. The van der Waals surface area contributed by atoms with E-state index >= 15 is 0 Å². The molecule has 0 saturated heterocycles. The Kier molecular flexibility index (Phi) is 7.91. The van der Waals surface area contributed by atoms with E-state index < -0.39 is 0 Å². The second-order valence-electron chi connectivity index (χ2n) is 5.85. The highest BCUT2D eigenvalue weighted by molar-refractivity contribution is 6.30. The standard InChI is InChI=1S/C17H28ClNO2/c1-5-15(19)10-13-9-14(18)11-16(20-4)17(13)21-8-6-7-12(2)3/h9,11-12,15H,5-8,10,19H2,1-4H3. The number of ether oxygens (including phenoxy) is 2. The molecule has 0 saturated carbocycles. The van der Waals surface area contributed by atoms with E-state index in [1.54, 1.807) is 13.2 Å². The molecule has 2 N–H and O–H groups in total. The van der Waals surface area contributed by atoms with Gasteiger partial charge in [-0.1, -0.05) is 32.4 Å². The number of benzene rings is 1. The normalized spacial score (nSPS) is 12.5. The van der Waals surface area contributed by atoms with Crippen LogP contribution in [0.25, 0.3) is 0 Å². The smallest absolute Gasteiger partial charge is 0.164 e. The van der Waals surface area contributed by atoms with Crippen molar-refractivity contribution in [2.45, 2.75) is 52.5 Å². The van der Waals surface area contributed by atoms with Crippen molar-refractivity contribution >= 4 is 11.6 Å². The molecule has 0 aliphatic heterocycles. The molecule has 0 bridgehead atoms. The third kappa shape index (κ3) is 6.15. The molecule has 1 aromatic carbocycles. The second-order valence-corrected chi connectivity index (χ2v) is 6.29. The summed E-state index contributed by atoms with van der Waals surface area (Å²) in [6.07, 6.45) is 3.84. The van der Waals surface area contributed by atoms with Gasteiger partial charge in [0.15, 0.2) is 11.5 Å². The molecule has 0 fully saturated rings. The first-order valence-electron chi connectivity index (χ1n) is 7.72. The molecule has 0 aliphatic carbocycles. The number of nitrogens with two attached hydrogens (primary N) is 1. The van der Waals surface area contributed by atoms with Crippen LogP contribution in [0.2, 0.25) is 5.02 Å². The van der Waals surface area contributed by atoms with Crippen LogP contribution in [-0.4, -0.2) is 19.8 Å². The monoisotopic (exact) mass is 313 g/mol. The first kappa shape index (κ1) is 18.1. The van der Waals surface area contributed by atoms with E-state index in [4.69, 9.17) is 26.8 Å². The van der Waals surface area contributed by atoms with Crippen molar-refractivity contribution in [2.24, 2.45) is 11.7 Å². The van der Waals surface area contributed by atoms with Gasteiger partial charge in [0.05, 0.1) is 13.7 Å². The summed E-state index contributed by atoms with van der Waals surface area (Å²) in [6, 6.07) is 3.82. The van der Waals surface area contributed by atoms with Crippen molar-refractivity contribution in [1.82, 2.24) is 0 Å². The van der Waals surface area contributed by atoms with E-state index in [1.807, 2.05) is 6.07 Å². The van der Waals surface area contributed by atoms with E-state index in [-0.39, 0.29) is 6.04 Å². The number of rotatable bonds is 9. The van der Waals surface area contributed by atoms with Crippen LogP contribution in [-0.2, 0) is 6.42 Å². The van der Waals surface area contributed by atoms with E-state index in [0.29, 0.717) is 23.3 Å². The minimum absolute atomic E-state index is 0.103. The molecule has 120 valence electrons. The summed E-state index contributed by atoms with van der Waals surface area (Å²) in [5.41, 5.74) is 7.10. The zero-order valence-electron chi connectivity index (χ0n) is 13.6. The Balaban J connectivity index is 2.86. The average molecular weight is 314 g/mol. The Labute approximate surface area is 133 Å². The van der Waals surface area contributed by atoms with Crippen LogP contribution in [0.5, 0.6) is 11.5 Å². The topological polar surface area (TPSA) is 44.5 Å². The molecule has 0 spiro atoms. The lowest BCUT2D eigenvalue weighted by Crippen LogP contribution is -2.22. The van der Waals surface area contributed by atoms with Gasteiger partial charge in [0.1, 0.15) is 0 Å². The summed E-state index contributed by atoms with van der Waals surface area (Å²) in [4.78, 5) is 0. The predicted molar refractivity (Wildman–Crippen MR) is 89.5 cm³/mol. The molecule has 4 heteroatoms. The molecule has 21 heavy (non-hydrogen) atoms. The van der Waals surface area contributed by atoms with Crippen LogP contribution < -0.4 is 15.2 Å². The number of hydrogen-bond donors (Lipinski definition) is 1. The van der Waals surface area contributed by atoms with Gasteiger partial charge in [-0.15, -0.1) is 0 Å². The van der Waals surface area contributed by atoms with Crippen LogP contribution in [0.3, 0.4) is 0 Å². The minimum atomic E-state index is 0.103. The molecule has 1 atom stereocenters. The average Bonchev–Trinajstić information content (AvgIpc) is 2.44. The maximum absolute atomic E-state index is 6.15. The van der Waals surface area contributed by atoms with Crippen molar-refractivity contribution in [3.63, 3.8) is 0 Å². The maximum atomic E-state index is 6.15. The van der Waals surface area contributed by atoms with Gasteiger partial charge in [-0.2, -0.15) is 0 Å². The zero-order chi connectivity index (χ0) is 15.8. The molecule has 0 aromatic heterocycles. The molecule has 3 nitrogen and oxygen atoms in total. The molecular weight excluding hydrogens is 286 g/mol. The third-order valence-electron chi connectivity index (χ3n) is 3.50. The van der Waals surface area contributed by atoms with Gasteiger partial charge in [0, 0.05) is 22.7 Å². The Morgan fingerprint density at radius 3 is 2.57 bits per heavy atom. The molecule has 1 aromatic rings. The Bertz CT molecular complexity index is 435. The van der Waals surface area contributed by atoms with Crippen LogP contribution in [0.15, 0.2) is 12.1 Å². The summed E-state index contributed by atoms with van der Waals surface area (Å²) >= 11 is 6.15. The van der Waals surface area contributed by atoms with Crippen molar-refractivity contribution < 1.29 is 9.47 Å². The second kappa shape index (κ2) is 9.16. The largest absolute Gasteiger partial charge is 0.493 e. The lowest BCUT2D eigenvalue weighted by molar-refractivity contribution is 0.276. The van der Waals surface area contributed by atoms with Gasteiger partial charge in [-0.05, 0) is 37.7 Å². The summed E-state index contributed by atoms with van der Waals surface area (Å²) in [7, 11) is 1.64. The van der Waals surface area contributed by atoms with Crippen molar-refractivity contribution in [3.05, 3.63) is 22.7 Å². The summed E-state index contributed by atoms with van der Waals surface area (Å²) < 4.78 is 11.4. The number of methoxy groups -OCH3 is 1. The highest BCUT2D eigenvalue weighted by Crippen LogP contribution is 2.35. The molecule has 1 unspecified atom stereocenters. The fourth-order valence-electron chi connectivity index (χ4n) is 2.18. The van der Waals surface area contributed by atoms with Crippen LogP contribution >= 0.6 is 11.6 Å². The zero-order valence-corrected chi connectivity index (χ0v) is 14.4. The molecule has 0 amide bonds. The lowest BCUT2D eigenvalue weighted by atomic mass is 10.0. The van der Waals surface area contributed by atoms with Crippen molar-refractivity contribution in [1.29, 1.82) is 0 Å². The Hall–Kier alpha value is -0.930. The van der Waals surface area contributed by atoms with Gasteiger partial charge in [0.2, 0.25) is 0 Å². The quantitative estimate of drug-likeness (QED) is 0.685. The van der Waals surface area contributed by atoms with E-state index in [2.05, 4.69) is 20.8 Å². The van der Waals surface area contributed by atoms with Gasteiger partial charge < -0.3 is 15.2 Å².